The number of furan rings is 1. The summed E-state index contributed by atoms with van der Waals surface area (Å²) < 4.78 is 6.92. The number of nitrogens with one attached hydrogen (secondary N) is 2. The molecule has 0 radical (unpaired) electrons. The predicted octanol–water partition coefficient (Wildman–Crippen LogP) is 0.976. The summed E-state index contributed by atoms with van der Waals surface area (Å²) >= 11 is 0. The summed E-state index contributed by atoms with van der Waals surface area (Å²) in [5.74, 6) is 1.42. The number of nitrogens with zero attached hydrogens (tertiary/aromatic N) is 3. The highest BCUT2D eigenvalue weighted by Gasteiger charge is 2.24. The normalized spacial score (nSPS) is 14.6. The summed E-state index contributed by atoms with van der Waals surface area (Å²) in [5.41, 5.74) is -0.279. The Hall–Kier alpha value is -2.28. The van der Waals surface area contributed by atoms with Gasteiger partial charge in [-0.2, -0.15) is 5.10 Å². The fraction of sp³-hybridized carbons (Fsp3) is 0.467. The van der Waals surface area contributed by atoms with Crippen molar-refractivity contribution < 1.29 is 9.52 Å². The van der Waals surface area contributed by atoms with E-state index in [9.17, 15) is 5.11 Å². The van der Waals surface area contributed by atoms with Crippen LogP contribution in [-0.4, -0.2) is 33.9 Å². The average molecular weight is 305 g/mol. The molecule has 2 aromatic rings. The van der Waals surface area contributed by atoms with E-state index in [2.05, 4.69) is 20.7 Å². The minimum atomic E-state index is -1.03. The van der Waals surface area contributed by atoms with Gasteiger partial charge < -0.3 is 20.2 Å². The van der Waals surface area contributed by atoms with Crippen LogP contribution in [0.1, 0.15) is 25.2 Å². The zero-order valence-electron chi connectivity index (χ0n) is 13.2. The Kier molecular flexibility index (Phi) is 5.21. The number of aromatic nitrogens is 2. The maximum absolute atomic E-state index is 10.6. The maximum atomic E-state index is 10.6. The van der Waals surface area contributed by atoms with Crippen molar-refractivity contribution in [3.63, 3.8) is 0 Å². The van der Waals surface area contributed by atoms with Gasteiger partial charge in [0.05, 0.1) is 19.0 Å². The molecule has 120 valence electrons. The van der Waals surface area contributed by atoms with Gasteiger partial charge in [-0.3, -0.25) is 4.68 Å². The molecular weight excluding hydrogens is 282 g/mol. The quantitative estimate of drug-likeness (QED) is 0.547. The van der Waals surface area contributed by atoms with E-state index in [1.165, 1.54) is 0 Å². The molecule has 0 aliphatic carbocycles. The molecule has 0 fully saturated rings. The van der Waals surface area contributed by atoms with E-state index in [1.807, 2.05) is 26.1 Å². The second-order valence-electron chi connectivity index (χ2n) is 5.30. The van der Waals surface area contributed by atoms with Crippen molar-refractivity contribution in [3.05, 3.63) is 42.1 Å². The number of aliphatic imine (C=N–C) groups is 1. The molecule has 7 heteroatoms. The average Bonchev–Trinajstić information content (AvgIpc) is 3.13. The lowest BCUT2D eigenvalue weighted by atomic mass is 10.00. The van der Waals surface area contributed by atoms with Crippen LogP contribution in [0, 0.1) is 0 Å². The van der Waals surface area contributed by atoms with Crippen LogP contribution in [-0.2, 0) is 19.2 Å². The Bertz CT molecular complexity index is 601. The lowest BCUT2D eigenvalue weighted by Gasteiger charge is -2.23. The first kappa shape index (κ1) is 16.1. The summed E-state index contributed by atoms with van der Waals surface area (Å²) in [7, 11) is 1.82. The minimum absolute atomic E-state index is 0.322. The summed E-state index contributed by atoms with van der Waals surface area (Å²) in [6.45, 7) is 5.23. The summed E-state index contributed by atoms with van der Waals surface area (Å²) in [4.78, 5) is 4.43. The Morgan fingerprint density at radius 2 is 2.32 bits per heavy atom. The second-order valence-corrected chi connectivity index (χ2v) is 5.30. The van der Waals surface area contributed by atoms with Crippen LogP contribution in [0.2, 0.25) is 0 Å². The van der Waals surface area contributed by atoms with Gasteiger partial charge >= 0.3 is 0 Å². The van der Waals surface area contributed by atoms with Crippen molar-refractivity contribution in [1.29, 1.82) is 0 Å². The summed E-state index contributed by atoms with van der Waals surface area (Å²) in [6, 6.07) is 3.71. The van der Waals surface area contributed by atoms with Crippen LogP contribution in [0.5, 0.6) is 0 Å². The van der Waals surface area contributed by atoms with Gasteiger partial charge in [-0.05, 0) is 26.0 Å². The van der Waals surface area contributed by atoms with Gasteiger partial charge in [-0.15, -0.1) is 0 Å². The molecule has 0 amide bonds. The minimum Gasteiger partial charge on any atom is -0.467 e. The van der Waals surface area contributed by atoms with Crippen LogP contribution in [0.15, 0.2) is 40.2 Å². The standard InChI is InChI=1S/C15H23N5O2/c1-4-16-14(17-9-13-6-5-7-22-13)18-11-15(2,21)12-8-19-20(3)10-12/h5-8,10,21H,4,9,11H2,1-3H3,(H2,16,17,18). The Labute approximate surface area is 130 Å². The van der Waals surface area contributed by atoms with Crippen LogP contribution in [0.25, 0.3) is 0 Å². The number of guanidine groups is 1. The van der Waals surface area contributed by atoms with Crippen molar-refractivity contribution in [2.24, 2.45) is 12.0 Å². The molecule has 0 spiro atoms. The van der Waals surface area contributed by atoms with E-state index in [4.69, 9.17) is 4.42 Å². The second kappa shape index (κ2) is 7.13. The third-order valence-corrected chi connectivity index (χ3v) is 3.24. The molecule has 0 aromatic carbocycles. The zero-order chi connectivity index (χ0) is 16.0. The van der Waals surface area contributed by atoms with Gasteiger partial charge in [0.15, 0.2) is 5.96 Å². The molecule has 1 atom stereocenters. The van der Waals surface area contributed by atoms with Gasteiger partial charge in [-0.1, -0.05) is 0 Å². The van der Waals surface area contributed by atoms with Crippen LogP contribution in [0.4, 0.5) is 0 Å². The monoisotopic (exact) mass is 305 g/mol. The molecule has 3 N–H and O–H groups in total. The number of aliphatic hydroxyl groups is 1. The molecule has 0 saturated heterocycles. The molecule has 0 aliphatic rings. The lowest BCUT2D eigenvalue weighted by molar-refractivity contribution is 0.0616. The highest BCUT2D eigenvalue weighted by atomic mass is 16.3. The van der Waals surface area contributed by atoms with Crippen molar-refractivity contribution in [3.8, 4) is 0 Å². The smallest absolute Gasteiger partial charge is 0.191 e. The molecule has 2 aromatic heterocycles. The van der Waals surface area contributed by atoms with Gasteiger partial charge in [-0.25, -0.2) is 4.99 Å². The van der Waals surface area contributed by atoms with E-state index < -0.39 is 5.60 Å². The van der Waals surface area contributed by atoms with E-state index in [0.717, 1.165) is 17.9 Å². The molecule has 7 nitrogen and oxygen atoms in total. The van der Waals surface area contributed by atoms with Gasteiger partial charge in [0.25, 0.3) is 0 Å². The molecule has 0 bridgehead atoms. The highest BCUT2D eigenvalue weighted by molar-refractivity contribution is 5.79. The number of rotatable bonds is 6. The molecule has 2 rings (SSSR count). The zero-order valence-corrected chi connectivity index (χ0v) is 13.2. The first-order valence-electron chi connectivity index (χ1n) is 7.27. The molecule has 1 unspecified atom stereocenters. The van der Waals surface area contributed by atoms with E-state index >= 15 is 0 Å². The molecule has 22 heavy (non-hydrogen) atoms. The Morgan fingerprint density at radius 3 is 2.91 bits per heavy atom. The lowest BCUT2D eigenvalue weighted by Crippen LogP contribution is -2.44. The predicted molar refractivity (Wildman–Crippen MR) is 84.3 cm³/mol. The number of hydrogen-bond acceptors (Lipinski definition) is 4. The van der Waals surface area contributed by atoms with Crippen molar-refractivity contribution in [2.75, 3.05) is 13.1 Å². The maximum Gasteiger partial charge on any atom is 0.191 e. The molecule has 0 saturated carbocycles. The largest absolute Gasteiger partial charge is 0.467 e. The van der Waals surface area contributed by atoms with Gasteiger partial charge in [0.2, 0.25) is 0 Å². The fourth-order valence-corrected chi connectivity index (χ4v) is 1.96. The molecular formula is C15H23N5O2. The first-order chi connectivity index (χ1) is 10.5. The van der Waals surface area contributed by atoms with Crippen molar-refractivity contribution in [1.82, 2.24) is 20.4 Å². The Balaban J connectivity index is 1.97. The van der Waals surface area contributed by atoms with E-state index in [0.29, 0.717) is 19.0 Å². The third kappa shape index (κ3) is 4.36. The van der Waals surface area contributed by atoms with Gasteiger partial charge in [0.1, 0.15) is 17.9 Å². The summed E-state index contributed by atoms with van der Waals surface area (Å²) in [5, 5.41) is 20.9. The highest BCUT2D eigenvalue weighted by Crippen LogP contribution is 2.18. The fourth-order valence-electron chi connectivity index (χ4n) is 1.96. The van der Waals surface area contributed by atoms with E-state index in [1.54, 1.807) is 30.3 Å². The first-order valence-corrected chi connectivity index (χ1v) is 7.27. The van der Waals surface area contributed by atoms with E-state index in [-0.39, 0.29) is 0 Å². The van der Waals surface area contributed by atoms with Crippen LogP contribution >= 0.6 is 0 Å². The summed E-state index contributed by atoms with van der Waals surface area (Å²) in [6.07, 6.45) is 5.08. The van der Waals surface area contributed by atoms with Crippen molar-refractivity contribution >= 4 is 5.96 Å². The topological polar surface area (TPSA) is 87.6 Å². The molecule has 2 heterocycles. The number of hydrogen-bond donors (Lipinski definition) is 3. The number of aryl methyl sites for hydroxylation is 1. The van der Waals surface area contributed by atoms with Crippen LogP contribution in [0.3, 0.4) is 0 Å². The molecule has 0 aliphatic heterocycles. The Morgan fingerprint density at radius 1 is 1.50 bits per heavy atom. The van der Waals surface area contributed by atoms with Crippen molar-refractivity contribution in [2.45, 2.75) is 26.0 Å². The third-order valence-electron chi connectivity index (χ3n) is 3.24. The van der Waals surface area contributed by atoms with Crippen LogP contribution < -0.4 is 10.6 Å². The SMILES string of the molecule is CCNC(=NCc1ccco1)NCC(C)(O)c1cnn(C)c1. The van der Waals surface area contributed by atoms with Gasteiger partial charge in [0, 0.05) is 25.4 Å².